The summed E-state index contributed by atoms with van der Waals surface area (Å²) in [5, 5.41) is 12.8. The number of allylic oxidation sites excluding steroid dienone is 1. The first kappa shape index (κ1) is 24.8. The van der Waals surface area contributed by atoms with Crippen molar-refractivity contribution in [1.82, 2.24) is 10.2 Å². The number of fused-ring (bicyclic) bond motifs is 1. The van der Waals surface area contributed by atoms with Crippen LogP contribution < -0.4 is 15.1 Å². The maximum Gasteiger partial charge on any atom is 0.220 e. The van der Waals surface area contributed by atoms with Crippen LogP contribution in [0.25, 0.3) is 0 Å². The zero-order valence-electron chi connectivity index (χ0n) is 20.8. The predicted molar refractivity (Wildman–Crippen MR) is 132 cm³/mol. The first-order valence-corrected chi connectivity index (χ1v) is 11.8. The number of rotatable bonds is 7. The fraction of sp³-hybridized carbons (Fsp3) is 0.577. The molecule has 33 heavy (non-hydrogen) atoms. The third-order valence-electron chi connectivity index (χ3n) is 6.88. The van der Waals surface area contributed by atoms with Gasteiger partial charge in [0.05, 0.1) is 11.4 Å². The van der Waals surface area contributed by atoms with E-state index in [0.29, 0.717) is 24.2 Å². The highest BCUT2D eigenvalue weighted by atomic mass is 16.2. The fourth-order valence-electron chi connectivity index (χ4n) is 5.08. The number of likely N-dealkylation sites (tertiary alicyclic amines) is 1. The molecular formula is C26H37N5O2. The van der Waals surface area contributed by atoms with Gasteiger partial charge < -0.3 is 15.1 Å². The third kappa shape index (κ3) is 5.39. The number of Topliss-reactive ketones (excluding diaryl/α,β-unsaturated/α-hetero) is 1. The van der Waals surface area contributed by atoms with Gasteiger partial charge in [-0.05, 0) is 44.2 Å². The molecule has 2 aliphatic rings. The molecule has 1 aromatic carbocycles. The molecule has 2 unspecified atom stereocenters. The van der Waals surface area contributed by atoms with Crippen molar-refractivity contribution >= 4 is 23.1 Å². The van der Waals surface area contributed by atoms with E-state index in [9.17, 15) is 14.9 Å². The van der Waals surface area contributed by atoms with Gasteiger partial charge in [-0.3, -0.25) is 14.5 Å². The molecule has 7 heteroatoms. The maximum absolute atomic E-state index is 12.9. The molecule has 2 atom stereocenters. The smallest absolute Gasteiger partial charge is 0.220 e. The number of hydrogen-bond acceptors (Lipinski definition) is 6. The number of para-hydroxylation sites is 2. The molecule has 7 nitrogen and oxygen atoms in total. The fourth-order valence-corrected chi connectivity index (χ4v) is 5.08. The summed E-state index contributed by atoms with van der Waals surface area (Å²) in [5.74, 6) is 1.38. The van der Waals surface area contributed by atoms with E-state index in [0.717, 1.165) is 24.5 Å². The van der Waals surface area contributed by atoms with Crippen molar-refractivity contribution in [2.24, 2.45) is 11.8 Å². The van der Waals surface area contributed by atoms with Gasteiger partial charge in [-0.15, -0.1) is 0 Å². The SMILES string of the molecule is CC1CC(C)CN(C(C)(C)CNC(=O)CCC(=O)C(C#N)=C2N(C)c3ccccc3N2C)C1. The number of anilines is 2. The number of ketones is 1. The molecule has 2 aliphatic heterocycles. The lowest BCUT2D eigenvalue weighted by molar-refractivity contribution is -0.124. The van der Waals surface area contributed by atoms with Crippen LogP contribution in [0.2, 0.25) is 0 Å². The van der Waals surface area contributed by atoms with E-state index in [1.54, 1.807) is 0 Å². The van der Waals surface area contributed by atoms with Crippen LogP contribution in [0.15, 0.2) is 35.7 Å². The normalized spacial score (nSPS) is 20.9. The van der Waals surface area contributed by atoms with Crippen LogP contribution in [-0.2, 0) is 9.59 Å². The van der Waals surface area contributed by atoms with E-state index in [1.807, 2.05) is 48.2 Å². The van der Waals surface area contributed by atoms with Crippen molar-refractivity contribution in [3.8, 4) is 6.07 Å². The van der Waals surface area contributed by atoms with Crippen LogP contribution in [0.3, 0.4) is 0 Å². The Morgan fingerprint density at radius 2 is 1.61 bits per heavy atom. The van der Waals surface area contributed by atoms with Crippen LogP contribution >= 0.6 is 0 Å². The molecule has 1 N–H and O–H groups in total. The van der Waals surface area contributed by atoms with Gasteiger partial charge in [0.15, 0.2) is 5.78 Å². The molecular weight excluding hydrogens is 414 g/mol. The summed E-state index contributed by atoms with van der Waals surface area (Å²) in [7, 11) is 3.69. The minimum Gasteiger partial charge on any atom is -0.354 e. The molecule has 0 aromatic heterocycles. The van der Waals surface area contributed by atoms with Crippen LogP contribution in [0.5, 0.6) is 0 Å². The standard InChI is InChI=1S/C26H37N5O2/c1-18-13-19(2)16-31(15-18)26(3,4)17-28-24(33)12-11-23(32)20(14-27)25-29(5)21-9-7-8-10-22(21)30(25)6/h7-10,18-19H,11-13,15-17H2,1-6H3,(H,28,33). The first-order valence-electron chi connectivity index (χ1n) is 11.8. The molecule has 3 rings (SSSR count). The minimum atomic E-state index is -0.313. The maximum atomic E-state index is 12.9. The average molecular weight is 452 g/mol. The zero-order chi connectivity index (χ0) is 24.3. The number of nitrogens with one attached hydrogen (secondary N) is 1. The molecule has 1 amide bonds. The quantitative estimate of drug-likeness (QED) is 0.505. The monoisotopic (exact) mass is 451 g/mol. The Bertz CT molecular complexity index is 936. The van der Waals surface area contributed by atoms with E-state index in [2.05, 4.69) is 44.0 Å². The summed E-state index contributed by atoms with van der Waals surface area (Å²) < 4.78 is 0. The highest BCUT2D eigenvalue weighted by Crippen LogP contribution is 2.40. The van der Waals surface area contributed by atoms with Gasteiger partial charge in [0.25, 0.3) is 0 Å². The van der Waals surface area contributed by atoms with Gasteiger partial charge in [-0.1, -0.05) is 26.0 Å². The number of carbonyl (C=O) groups is 2. The lowest BCUT2D eigenvalue weighted by Gasteiger charge is -2.45. The van der Waals surface area contributed by atoms with Crippen LogP contribution in [0.1, 0.15) is 47.0 Å². The van der Waals surface area contributed by atoms with Crippen molar-refractivity contribution in [3.63, 3.8) is 0 Å². The topological polar surface area (TPSA) is 79.7 Å². The molecule has 0 spiro atoms. The number of carbonyl (C=O) groups excluding carboxylic acids is 2. The van der Waals surface area contributed by atoms with E-state index in [-0.39, 0.29) is 35.6 Å². The first-order chi connectivity index (χ1) is 15.5. The Morgan fingerprint density at radius 3 is 2.12 bits per heavy atom. The van der Waals surface area contributed by atoms with Crippen molar-refractivity contribution in [2.45, 2.75) is 52.5 Å². The molecule has 1 aromatic rings. The summed E-state index contributed by atoms with van der Waals surface area (Å²) in [4.78, 5) is 31.6. The second-order valence-electron chi connectivity index (χ2n) is 10.3. The number of amides is 1. The van der Waals surface area contributed by atoms with E-state index < -0.39 is 0 Å². The lowest BCUT2D eigenvalue weighted by Crippen LogP contribution is -2.56. The number of nitrogens with zero attached hydrogens (tertiary/aromatic N) is 4. The highest BCUT2D eigenvalue weighted by molar-refractivity contribution is 6.03. The number of benzene rings is 1. The zero-order valence-corrected chi connectivity index (χ0v) is 20.8. The second kappa shape index (κ2) is 9.96. The molecule has 178 valence electrons. The Morgan fingerprint density at radius 1 is 1.06 bits per heavy atom. The summed E-state index contributed by atoms with van der Waals surface area (Å²) in [5.41, 5.74) is 1.82. The van der Waals surface area contributed by atoms with Gasteiger partial charge in [-0.2, -0.15) is 5.26 Å². The van der Waals surface area contributed by atoms with Crippen LogP contribution in [-0.4, -0.2) is 55.9 Å². The molecule has 0 saturated carbocycles. The Kier molecular flexibility index (Phi) is 7.48. The Hall–Kier alpha value is -2.85. The van der Waals surface area contributed by atoms with Crippen molar-refractivity contribution in [3.05, 3.63) is 35.7 Å². The van der Waals surface area contributed by atoms with Gasteiger partial charge in [0, 0.05) is 52.1 Å². The molecule has 0 aliphatic carbocycles. The molecule has 0 radical (unpaired) electrons. The molecule has 1 fully saturated rings. The summed E-state index contributed by atoms with van der Waals surface area (Å²) in [6, 6.07) is 9.85. The minimum absolute atomic E-state index is 0.00840. The highest BCUT2D eigenvalue weighted by Gasteiger charge is 2.33. The second-order valence-corrected chi connectivity index (χ2v) is 10.3. The Balaban J connectivity index is 1.58. The van der Waals surface area contributed by atoms with Crippen molar-refractivity contribution < 1.29 is 9.59 Å². The average Bonchev–Trinajstić information content (AvgIpc) is 3.02. The van der Waals surface area contributed by atoms with Gasteiger partial charge >= 0.3 is 0 Å². The van der Waals surface area contributed by atoms with Gasteiger partial charge in [0.1, 0.15) is 17.5 Å². The van der Waals surface area contributed by atoms with Gasteiger partial charge in [0.2, 0.25) is 5.91 Å². The number of piperidine rings is 1. The summed E-state index contributed by atoms with van der Waals surface area (Å²) in [6.45, 7) is 11.5. The third-order valence-corrected chi connectivity index (χ3v) is 6.88. The Labute approximate surface area is 198 Å². The van der Waals surface area contributed by atoms with Gasteiger partial charge in [-0.25, -0.2) is 0 Å². The van der Waals surface area contributed by atoms with E-state index in [4.69, 9.17) is 0 Å². The summed E-state index contributed by atoms with van der Waals surface area (Å²) >= 11 is 0. The van der Waals surface area contributed by atoms with E-state index in [1.165, 1.54) is 6.42 Å². The number of hydrogen-bond donors (Lipinski definition) is 1. The molecule has 1 saturated heterocycles. The predicted octanol–water partition coefficient (Wildman–Crippen LogP) is 3.53. The largest absolute Gasteiger partial charge is 0.354 e. The van der Waals surface area contributed by atoms with Crippen molar-refractivity contribution in [1.29, 1.82) is 5.26 Å². The molecule has 2 heterocycles. The lowest BCUT2D eigenvalue weighted by atomic mass is 9.88. The van der Waals surface area contributed by atoms with Crippen molar-refractivity contribution in [2.75, 3.05) is 43.5 Å². The number of nitriles is 1. The van der Waals surface area contributed by atoms with E-state index >= 15 is 0 Å². The van der Waals surface area contributed by atoms with Crippen LogP contribution in [0.4, 0.5) is 11.4 Å². The summed E-state index contributed by atoms with van der Waals surface area (Å²) in [6.07, 6.45) is 1.32. The van der Waals surface area contributed by atoms with Crippen LogP contribution in [0, 0.1) is 23.2 Å². The molecule has 0 bridgehead atoms.